The van der Waals surface area contributed by atoms with Crippen molar-refractivity contribution in [2.24, 2.45) is 46.3 Å². The van der Waals surface area contributed by atoms with Crippen molar-refractivity contribution < 1.29 is 9.53 Å². The van der Waals surface area contributed by atoms with Crippen LogP contribution in [0.1, 0.15) is 110 Å². The zero-order chi connectivity index (χ0) is 26.4. The normalized spacial score (nSPS) is 36.5. The van der Waals surface area contributed by atoms with Gasteiger partial charge in [-0.25, -0.2) is 4.79 Å². The Hall–Kier alpha value is -1.83. The highest BCUT2D eigenvalue weighted by Crippen LogP contribution is 2.66. The maximum atomic E-state index is 12.7. The summed E-state index contributed by atoms with van der Waals surface area (Å²) in [6, 6.07) is 9.45. The lowest BCUT2D eigenvalue weighted by Crippen LogP contribution is -2.46. The molecule has 1 aromatic carbocycles. The van der Waals surface area contributed by atoms with E-state index in [-0.39, 0.29) is 17.5 Å². The molecule has 0 unspecified atom stereocenters. The fourth-order valence-electron chi connectivity index (χ4n) is 8.90. The average molecular weight is 503 g/mol. The summed E-state index contributed by atoms with van der Waals surface area (Å²) in [4.78, 5) is 12.7. The highest BCUT2D eigenvalue weighted by Gasteiger charge is 2.57. The molecule has 0 aliphatic heterocycles. The first kappa shape index (κ1) is 26.8. The topological polar surface area (TPSA) is 26.3 Å². The van der Waals surface area contributed by atoms with Crippen LogP contribution in [0.2, 0.25) is 0 Å². The minimum absolute atomic E-state index is 0.000721. The van der Waals surface area contributed by atoms with Crippen LogP contribution in [-0.2, 0) is 4.74 Å². The third-order valence-corrected chi connectivity index (χ3v) is 11.8. The molecular weight excluding hydrogens is 452 g/mol. The van der Waals surface area contributed by atoms with Crippen LogP contribution in [0.4, 0.5) is 0 Å². The summed E-state index contributed by atoms with van der Waals surface area (Å²) < 4.78 is 5.99. The Labute approximate surface area is 226 Å². The Morgan fingerprint density at radius 2 is 1.68 bits per heavy atom. The largest absolute Gasteiger partial charge is 0.458 e. The molecule has 0 spiro atoms. The molecule has 0 bridgehead atoms. The SMILES string of the molecule is CC(C)[C@@H](C)CC[C@@H](C)[C@H]1CC[C@H]2C3=CC=C4C[C@@H](OC(=O)c5ccccc5)CC[C@]4(C)[C@H]3CC[C@]12C. The minimum Gasteiger partial charge on any atom is -0.458 e. The van der Waals surface area contributed by atoms with Gasteiger partial charge in [0.05, 0.1) is 5.56 Å². The second-order valence-electron chi connectivity index (χ2n) is 14.0. The fourth-order valence-corrected chi connectivity index (χ4v) is 8.90. The van der Waals surface area contributed by atoms with Crippen LogP contribution in [0.25, 0.3) is 0 Å². The van der Waals surface area contributed by atoms with Gasteiger partial charge < -0.3 is 4.74 Å². The van der Waals surface area contributed by atoms with Crippen molar-refractivity contribution in [3.63, 3.8) is 0 Å². The van der Waals surface area contributed by atoms with E-state index in [4.69, 9.17) is 4.74 Å². The van der Waals surface area contributed by atoms with Crippen molar-refractivity contribution in [3.8, 4) is 0 Å². The van der Waals surface area contributed by atoms with Crippen LogP contribution >= 0.6 is 0 Å². The molecule has 37 heavy (non-hydrogen) atoms. The molecule has 0 aromatic heterocycles. The first-order chi connectivity index (χ1) is 17.6. The van der Waals surface area contributed by atoms with Crippen LogP contribution in [0.5, 0.6) is 0 Å². The van der Waals surface area contributed by atoms with Crippen molar-refractivity contribution in [2.75, 3.05) is 0 Å². The number of benzene rings is 1. The van der Waals surface area contributed by atoms with E-state index in [1.165, 1.54) is 44.1 Å². The van der Waals surface area contributed by atoms with E-state index < -0.39 is 0 Å². The number of hydrogen-bond acceptors (Lipinski definition) is 2. The van der Waals surface area contributed by atoms with Gasteiger partial charge in [-0.3, -0.25) is 0 Å². The molecular formula is C35H50O2. The van der Waals surface area contributed by atoms with Gasteiger partial charge in [0, 0.05) is 6.42 Å². The van der Waals surface area contributed by atoms with Gasteiger partial charge in [0.1, 0.15) is 6.10 Å². The predicted octanol–water partition coefficient (Wildman–Crippen LogP) is 9.42. The molecule has 1 aromatic rings. The number of allylic oxidation sites excluding steroid dienone is 3. The Morgan fingerprint density at radius 1 is 0.919 bits per heavy atom. The molecule has 0 N–H and O–H groups in total. The maximum Gasteiger partial charge on any atom is 0.338 e. The van der Waals surface area contributed by atoms with Crippen molar-refractivity contribution >= 4 is 5.97 Å². The van der Waals surface area contributed by atoms with Gasteiger partial charge in [0.15, 0.2) is 0 Å². The molecule has 0 radical (unpaired) electrons. The van der Waals surface area contributed by atoms with Crippen molar-refractivity contribution in [2.45, 2.75) is 105 Å². The van der Waals surface area contributed by atoms with Gasteiger partial charge in [-0.1, -0.05) is 95.9 Å². The summed E-state index contributed by atoms with van der Waals surface area (Å²) in [5, 5.41) is 0. The van der Waals surface area contributed by atoms with Gasteiger partial charge in [-0.15, -0.1) is 0 Å². The van der Waals surface area contributed by atoms with E-state index in [0.717, 1.165) is 48.9 Å². The number of carbonyl (C=O) groups excluding carboxylic acids is 1. The Kier molecular flexibility index (Phi) is 7.51. The van der Waals surface area contributed by atoms with E-state index in [1.54, 1.807) is 5.57 Å². The standard InChI is InChI=1S/C35H50O2/c1-23(2)24(3)12-13-25(4)30-16-17-31-29-15-14-27-22-28(37-33(36)26-10-8-7-9-11-26)18-20-34(27,5)32(29)19-21-35(30,31)6/h7-11,14-15,23-25,28,30-32H,12-13,16-22H2,1-6H3/t24-,25+,28-,30+,31-,32-,34-,35+/m0/s1. The lowest BCUT2D eigenvalue weighted by molar-refractivity contribution is 0.00562. The summed E-state index contributed by atoms with van der Waals surface area (Å²) in [6.07, 6.45) is 16.2. The number of ether oxygens (including phenoxy) is 1. The smallest absolute Gasteiger partial charge is 0.338 e. The second kappa shape index (κ2) is 10.4. The van der Waals surface area contributed by atoms with Crippen molar-refractivity contribution in [3.05, 3.63) is 59.2 Å². The molecule has 0 amide bonds. The summed E-state index contributed by atoms with van der Waals surface area (Å²) in [5.74, 6) is 4.56. The number of rotatable bonds is 7. The quantitative estimate of drug-likeness (QED) is 0.347. The Bertz CT molecular complexity index is 1030. The molecule has 4 aliphatic carbocycles. The highest BCUT2D eigenvalue weighted by molar-refractivity contribution is 5.89. The monoisotopic (exact) mass is 502 g/mol. The molecule has 3 saturated carbocycles. The number of fused-ring (bicyclic) bond motifs is 5. The van der Waals surface area contributed by atoms with Gasteiger partial charge in [0.25, 0.3) is 0 Å². The van der Waals surface area contributed by atoms with Gasteiger partial charge >= 0.3 is 5.97 Å². The average Bonchev–Trinajstić information content (AvgIpc) is 3.25. The van der Waals surface area contributed by atoms with Gasteiger partial charge in [-0.2, -0.15) is 0 Å². The molecule has 4 aliphatic rings. The fraction of sp³-hybridized carbons (Fsp3) is 0.686. The lowest BCUT2D eigenvalue weighted by atomic mass is 9.50. The van der Waals surface area contributed by atoms with Crippen LogP contribution in [0, 0.1) is 46.3 Å². The first-order valence-electron chi connectivity index (χ1n) is 15.3. The summed E-state index contributed by atoms with van der Waals surface area (Å²) >= 11 is 0. The second-order valence-corrected chi connectivity index (χ2v) is 14.0. The van der Waals surface area contributed by atoms with Gasteiger partial charge in [0.2, 0.25) is 0 Å². The molecule has 0 saturated heterocycles. The summed E-state index contributed by atoms with van der Waals surface area (Å²) in [5.41, 5.74) is 4.65. The number of esters is 1. The molecule has 8 atom stereocenters. The Morgan fingerprint density at radius 3 is 2.41 bits per heavy atom. The summed E-state index contributed by atoms with van der Waals surface area (Å²) in [6.45, 7) is 14.9. The molecule has 5 rings (SSSR count). The van der Waals surface area contributed by atoms with E-state index in [1.807, 2.05) is 30.3 Å². The summed E-state index contributed by atoms with van der Waals surface area (Å²) in [7, 11) is 0. The van der Waals surface area contributed by atoms with Crippen molar-refractivity contribution in [1.29, 1.82) is 0 Å². The minimum atomic E-state index is -0.177. The predicted molar refractivity (Wildman–Crippen MR) is 153 cm³/mol. The number of carbonyl (C=O) groups is 1. The van der Waals surface area contributed by atoms with Crippen LogP contribution in [-0.4, -0.2) is 12.1 Å². The molecule has 3 fully saturated rings. The maximum absolute atomic E-state index is 12.7. The molecule has 2 heteroatoms. The zero-order valence-electron chi connectivity index (χ0n) is 24.3. The van der Waals surface area contributed by atoms with Crippen molar-refractivity contribution in [1.82, 2.24) is 0 Å². The van der Waals surface area contributed by atoms with Crippen LogP contribution in [0.3, 0.4) is 0 Å². The van der Waals surface area contributed by atoms with E-state index in [0.29, 0.717) is 16.9 Å². The molecule has 202 valence electrons. The molecule has 2 nitrogen and oxygen atoms in total. The zero-order valence-corrected chi connectivity index (χ0v) is 24.3. The number of hydrogen-bond donors (Lipinski definition) is 0. The van der Waals surface area contributed by atoms with Gasteiger partial charge in [-0.05, 0) is 97.0 Å². The third kappa shape index (κ3) is 4.87. The van der Waals surface area contributed by atoms with Crippen LogP contribution < -0.4 is 0 Å². The van der Waals surface area contributed by atoms with E-state index in [2.05, 4.69) is 53.7 Å². The Balaban J connectivity index is 1.29. The van der Waals surface area contributed by atoms with E-state index >= 15 is 0 Å². The first-order valence-corrected chi connectivity index (χ1v) is 15.3. The molecule has 0 heterocycles. The third-order valence-electron chi connectivity index (χ3n) is 11.8. The lowest BCUT2D eigenvalue weighted by Gasteiger charge is -2.55. The van der Waals surface area contributed by atoms with Crippen LogP contribution in [0.15, 0.2) is 53.6 Å². The highest BCUT2D eigenvalue weighted by atomic mass is 16.5. The van der Waals surface area contributed by atoms with E-state index in [9.17, 15) is 4.79 Å².